The first-order valence-corrected chi connectivity index (χ1v) is 7.84. The van der Waals surface area contributed by atoms with Gasteiger partial charge in [0.05, 0.1) is 13.2 Å². The third kappa shape index (κ3) is 3.10. The molecule has 22 heavy (non-hydrogen) atoms. The number of hydrogen-bond acceptors (Lipinski definition) is 4. The van der Waals surface area contributed by atoms with Crippen LogP contribution in [0.2, 0.25) is 0 Å². The lowest BCUT2D eigenvalue weighted by molar-refractivity contribution is -0.187. The van der Waals surface area contributed by atoms with Crippen LogP contribution in [0, 0.1) is 13.8 Å². The van der Waals surface area contributed by atoms with E-state index >= 15 is 0 Å². The number of benzene rings is 1. The Labute approximate surface area is 131 Å². The average molecular weight is 305 g/mol. The van der Waals surface area contributed by atoms with E-state index in [1.807, 2.05) is 36.9 Å². The average Bonchev–Trinajstić information content (AvgIpc) is 2.97. The van der Waals surface area contributed by atoms with Crippen molar-refractivity contribution in [3.8, 4) is 5.75 Å². The molecule has 0 aliphatic carbocycles. The maximum Gasteiger partial charge on any atom is 0.260 e. The van der Waals surface area contributed by atoms with Gasteiger partial charge in [-0.1, -0.05) is 12.1 Å². The number of amides is 1. The molecule has 3 rings (SSSR count). The molecule has 1 aromatic carbocycles. The zero-order valence-corrected chi connectivity index (χ0v) is 13.3. The van der Waals surface area contributed by atoms with Crippen molar-refractivity contribution in [2.24, 2.45) is 0 Å². The number of rotatable bonds is 3. The monoisotopic (exact) mass is 305 g/mol. The summed E-state index contributed by atoms with van der Waals surface area (Å²) < 4.78 is 17.0. The molecule has 5 heteroatoms. The molecule has 2 fully saturated rings. The van der Waals surface area contributed by atoms with E-state index in [0.29, 0.717) is 26.3 Å². The molecule has 2 heterocycles. The van der Waals surface area contributed by atoms with Gasteiger partial charge in [-0.15, -0.1) is 0 Å². The van der Waals surface area contributed by atoms with Crippen molar-refractivity contribution in [2.45, 2.75) is 32.5 Å². The normalized spacial score (nSPS) is 20.4. The van der Waals surface area contributed by atoms with Gasteiger partial charge in [0.1, 0.15) is 5.75 Å². The van der Waals surface area contributed by atoms with Crippen molar-refractivity contribution >= 4 is 5.91 Å². The molecule has 0 aromatic heterocycles. The van der Waals surface area contributed by atoms with Crippen LogP contribution < -0.4 is 4.74 Å². The zero-order valence-electron chi connectivity index (χ0n) is 13.3. The number of carbonyl (C=O) groups is 1. The number of nitrogens with zero attached hydrogens (tertiary/aromatic N) is 1. The summed E-state index contributed by atoms with van der Waals surface area (Å²) in [4.78, 5) is 14.1. The molecule has 2 aliphatic heterocycles. The van der Waals surface area contributed by atoms with Crippen molar-refractivity contribution in [3.05, 3.63) is 29.3 Å². The van der Waals surface area contributed by atoms with Crippen molar-refractivity contribution in [1.82, 2.24) is 4.90 Å². The predicted octanol–water partition coefficient (Wildman–Crippen LogP) is 2.05. The quantitative estimate of drug-likeness (QED) is 0.857. The first kappa shape index (κ1) is 15.3. The van der Waals surface area contributed by atoms with E-state index in [4.69, 9.17) is 14.2 Å². The summed E-state index contributed by atoms with van der Waals surface area (Å²) in [5, 5.41) is 0. The lowest BCUT2D eigenvalue weighted by Gasteiger charge is -2.37. The summed E-state index contributed by atoms with van der Waals surface area (Å²) in [5.74, 6) is 0.364. The highest BCUT2D eigenvalue weighted by Crippen LogP contribution is 2.31. The van der Waals surface area contributed by atoms with E-state index in [1.165, 1.54) is 5.56 Å². The Balaban J connectivity index is 1.51. The molecule has 1 aromatic rings. The van der Waals surface area contributed by atoms with Crippen LogP contribution >= 0.6 is 0 Å². The molecule has 0 unspecified atom stereocenters. The fraction of sp³-hybridized carbons (Fsp3) is 0.588. The first-order chi connectivity index (χ1) is 10.6. The van der Waals surface area contributed by atoms with Crippen molar-refractivity contribution in [3.63, 3.8) is 0 Å². The van der Waals surface area contributed by atoms with Gasteiger partial charge < -0.3 is 19.1 Å². The highest BCUT2D eigenvalue weighted by molar-refractivity contribution is 5.78. The van der Waals surface area contributed by atoms with Crippen molar-refractivity contribution in [1.29, 1.82) is 0 Å². The van der Waals surface area contributed by atoms with E-state index in [0.717, 1.165) is 24.2 Å². The number of hydrogen-bond donors (Lipinski definition) is 0. The number of likely N-dealkylation sites (tertiary alicyclic amines) is 1. The molecule has 120 valence electrons. The van der Waals surface area contributed by atoms with E-state index in [1.54, 1.807) is 0 Å². The van der Waals surface area contributed by atoms with E-state index in [2.05, 4.69) is 0 Å². The second-order valence-electron chi connectivity index (χ2n) is 5.98. The van der Waals surface area contributed by atoms with E-state index < -0.39 is 5.79 Å². The van der Waals surface area contributed by atoms with E-state index in [9.17, 15) is 4.79 Å². The molecular weight excluding hydrogens is 282 g/mol. The predicted molar refractivity (Wildman–Crippen MR) is 81.9 cm³/mol. The van der Waals surface area contributed by atoms with Crippen LogP contribution in [0.25, 0.3) is 0 Å². The van der Waals surface area contributed by atoms with Crippen molar-refractivity contribution in [2.75, 3.05) is 32.9 Å². The zero-order chi connectivity index (χ0) is 15.6. The largest absolute Gasteiger partial charge is 0.483 e. The number of carbonyl (C=O) groups excluding carboxylic acids is 1. The maximum atomic E-state index is 12.3. The van der Waals surface area contributed by atoms with Gasteiger partial charge in [-0.25, -0.2) is 0 Å². The Kier molecular flexibility index (Phi) is 4.36. The Morgan fingerprint density at radius 3 is 2.59 bits per heavy atom. The molecule has 2 saturated heterocycles. The van der Waals surface area contributed by atoms with Gasteiger partial charge in [0.2, 0.25) is 0 Å². The fourth-order valence-corrected chi connectivity index (χ4v) is 2.99. The molecule has 0 atom stereocenters. The molecule has 0 radical (unpaired) electrons. The Bertz CT molecular complexity index is 542. The fourth-order valence-electron chi connectivity index (χ4n) is 2.99. The SMILES string of the molecule is Cc1cccc(OCC(=O)N2CCC3(CC2)OCCO3)c1C. The summed E-state index contributed by atoms with van der Waals surface area (Å²) in [7, 11) is 0. The van der Waals surface area contributed by atoms with Crippen LogP contribution in [-0.2, 0) is 14.3 Å². The van der Waals surface area contributed by atoms with Crippen LogP contribution in [0.5, 0.6) is 5.75 Å². The maximum absolute atomic E-state index is 12.3. The third-order valence-electron chi connectivity index (χ3n) is 4.60. The van der Waals surface area contributed by atoms with Crippen LogP contribution in [0.3, 0.4) is 0 Å². The van der Waals surface area contributed by atoms with E-state index in [-0.39, 0.29) is 12.5 Å². The standard InChI is InChI=1S/C17H23NO4/c1-13-4-3-5-15(14(13)2)20-12-16(19)18-8-6-17(7-9-18)21-10-11-22-17/h3-5H,6-12H2,1-2H3. The Morgan fingerprint density at radius 1 is 1.23 bits per heavy atom. The van der Waals surface area contributed by atoms with Crippen LogP contribution in [0.4, 0.5) is 0 Å². The van der Waals surface area contributed by atoms with Gasteiger partial charge >= 0.3 is 0 Å². The highest BCUT2D eigenvalue weighted by atomic mass is 16.7. The summed E-state index contributed by atoms with van der Waals surface area (Å²) in [5.41, 5.74) is 2.25. The minimum Gasteiger partial charge on any atom is -0.483 e. The van der Waals surface area contributed by atoms with Gasteiger partial charge in [0, 0.05) is 25.9 Å². The summed E-state index contributed by atoms with van der Waals surface area (Å²) in [6.45, 7) is 6.76. The second-order valence-corrected chi connectivity index (χ2v) is 5.98. The Hall–Kier alpha value is -1.59. The van der Waals surface area contributed by atoms with Gasteiger partial charge in [0.25, 0.3) is 5.91 Å². The van der Waals surface area contributed by atoms with Crippen LogP contribution in [0.1, 0.15) is 24.0 Å². The smallest absolute Gasteiger partial charge is 0.260 e. The molecule has 5 nitrogen and oxygen atoms in total. The molecule has 2 aliphatic rings. The first-order valence-electron chi connectivity index (χ1n) is 7.84. The van der Waals surface area contributed by atoms with Gasteiger partial charge in [-0.05, 0) is 31.0 Å². The molecular formula is C17H23NO4. The molecule has 0 saturated carbocycles. The summed E-state index contributed by atoms with van der Waals surface area (Å²) >= 11 is 0. The molecule has 0 N–H and O–H groups in total. The highest BCUT2D eigenvalue weighted by Gasteiger charge is 2.40. The van der Waals surface area contributed by atoms with Crippen LogP contribution in [0.15, 0.2) is 18.2 Å². The second kappa shape index (κ2) is 6.26. The summed E-state index contributed by atoms with van der Waals surface area (Å²) in [6, 6.07) is 5.89. The lowest BCUT2D eigenvalue weighted by atomic mass is 10.0. The van der Waals surface area contributed by atoms with Crippen molar-refractivity contribution < 1.29 is 19.0 Å². The van der Waals surface area contributed by atoms with Crippen LogP contribution in [-0.4, -0.2) is 49.5 Å². The molecule has 0 bridgehead atoms. The Morgan fingerprint density at radius 2 is 1.91 bits per heavy atom. The lowest BCUT2D eigenvalue weighted by Crippen LogP contribution is -2.48. The topological polar surface area (TPSA) is 48.0 Å². The van der Waals surface area contributed by atoms with Gasteiger partial charge in [-0.2, -0.15) is 0 Å². The van der Waals surface area contributed by atoms with Gasteiger partial charge in [-0.3, -0.25) is 4.79 Å². The number of aryl methyl sites for hydroxylation is 1. The third-order valence-corrected chi connectivity index (χ3v) is 4.60. The number of ether oxygens (including phenoxy) is 3. The number of piperidine rings is 1. The van der Waals surface area contributed by atoms with Gasteiger partial charge in [0.15, 0.2) is 12.4 Å². The molecule has 1 amide bonds. The minimum atomic E-state index is -0.440. The minimum absolute atomic E-state index is 0.0220. The summed E-state index contributed by atoms with van der Waals surface area (Å²) in [6.07, 6.45) is 1.48. The molecule has 1 spiro atoms.